The van der Waals surface area contributed by atoms with E-state index < -0.39 is 67.4 Å². The van der Waals surface area contributed by atoms with Gasteiger partial charge in [-0.3, -0.25) is 14.3 Å². The Kier molecular flexibility index (Phi) is 9.65. The molecule has 0 saturated heterocycles. The zero-order valence-corrected chi connectivity index (χ0v) is 17.4. The molecule has 216 valence electrons. The lowest BCUT2D eigenvalue weighted by Crippen LogP contribution is -2.69. The third kappa shape index (κ3) is 6.18. The molecule has 0 rings (SSSR count). The zero-order valence-electron chi connectivity index (χ0n) is 17.4. The first-order valence-corrected chi connectivity index (χ1v) is 9.00. The van der Waals surface area contributed by atoms with Crippen LogP contribution in [0, 0.1) is 0 Å². The molecule has 0 aliphatic rings. The minimum atomic E-state index is -8.01. The molecule has 0 fully saturated rings. The molecule has 0 aromatic carbocycles. The van der Waals surface area contributed by atoms with Gasteiger partial charge in [0.2, 0.25) is 0 Å². The van der Waals surface area contributed by atoms with Crippen LogP contribution in [0.5, 0.6) is 0 Å². The minimum absolute atomic E-state index is 0.260. The van der Waals surface area contributed by atoms with Gasteiger partial charge in [0.15, 0.2) is 0 Å². The maximum absolute atomic E-state index is 14.5. The highest BCUT2D eigenvalue weighted by Crippen LogP contribution is 2.56. The lowest BCUT2D eigenvalue weighted by atomic mass is 10.2. The number of rotatable bonds is 11. The molecule has 21 heteroatoms. The second-order valence-electron chi connectivity index (χ2n) is 6.79. The summed E-state index contributed by atoms with van der Waals surface area (Å²) in [6, 6.07) is 0. The largest absolute Gasteiger partial charge is 0.462 e. The highest BCUT2D eigenvalue weighted by Gasteiger charge is 2.85. The summed E-state index contributed by atoms with van der Waals surface area (Å²) in [5.41, 5.74) is 0. The smallest absolute Gasteiger partial charge is 0.337 e. The number of carbonyl (C=O) groups excluding carboxylic acids is 1. The van der Waals surface area contributed by atoms with Crippen molar-refractivity contribution in [2.24, 2.45) is 0 Å². The van der Waals surface area contributed by atoms with Crippen LogP contribution in [-0.4, -0.2) is 72.3 Å². The van der Waals surface area contributed by atoms with E-state index in [1.54, 1.807) is 0 Å². The molecule has 1 amide bonds. The lowest BCUT2D eigenvalue weighted by Gasteiger charge is -2.41. The molecule has 2 atom stereocenters. The summed E-state index contributed by atoms with van der Waals surface area (Å²) >= 11 is 0. The molecule has 0 unspecified atom stereocenters. The highest BCUT2D eigenvalue weighted by molar-refractivity contribution is 5.84. The van der Waals surface area contributed by atoms with Crippen molar-refractivity contribution in [2.75, 3.05) is 13.1 Å². The summed E-state index contributed by atoms with van der Waals surface area (Å²) in [4.78, 5) is 11.7. The Balaban J connectivity index is 6.88. The predicted octanol–water partition coefficient (Wildman–Crippen LogP) is 6.51. The third-order valence-corrected chi connectivity index (χ3v) is 3.91. The highest BCUT2D eigenvalue weighted by atomic mass is 19.4. The second kappa shape index (κ2) is 10.2. The Morgan fingerprint density at radius 3 is 1.25 bits per heavy atom. The predicted molar refractivity (Wildman–Crippen MR) is 80.0 cm³/mol. The molecular weight excluding hydrogens is 565 g/mol. The number of hydrogen-bond acceptors (Lipinski definition) is 3. The van der Waals surface area contributed by atoms with Gasteiger partial charge in [0.1, 0.15) is 0 Å². The quantitative estimate of drug-likeness (QED) is 0.262. The van der Waals surface area contributed by atoms with Gasteiger partial charge in [0.05, 0.1) is 0 Å². The van der Waals surface area contributed by atoms with E-state index in [1.807, 2.05) is 0 Å². The molecule has 0 aromatic rings. The Hall–Kier alpha value is -1.80. The van der Waals surface area contributed by atoms with Crippen molar-refractivity contribution in [3.8, 4) is 0 Å². The van der Waals surface area contributed by atoms with Crippen LogP contribution in [0.4, 0.5) is 74.6 Å². The zero-order chi connectivity index (χ0) is 29.4. The van der Waals surface area contributed by atoms with Crippen molar-refractivity contribution in [1.82, 2.24) is 4.90 Å². The van der Waals surface area contributed by atoms with Crippen molar-refractivity contribution in [3.63, 3.8) is 0 Å². The summed E-state index contributed by atoms with van der Waals surface area (Å²) in [7, 11) is 0. The van der Waals surface area contributed by atoms with Crippen LogP contribution in [0.25, 0.3) is 0 Å². The molecule has 36 heavy (non-hydrogen) atoms. The van der Waals surface area contributed by atoms with Gasteiger partial charge in [-0.05, 0) is 12.8 Å². The Bertz CT molecular complexity index is 756. The number of carbonyl (C=O) groups is 1. The monoisotopic (exact) mass is 579 g/mol. The van der Waals surface area contributed by atoms with Gasteiger partial charge in [0.25, 0.3) is 5.91 Å². The molecule has 0 aliphatic carbocycles. The number of alkyl halides is 17. The summed E-state index contributed by atoms with van der Waals surface area (Å²) < 4.78 is 226. The van der Waals surface area contributed by atoms with Crippen molar-refractivity contribution >= 4 is 5.91 Å². The number of ether oxygens (including phenoxy) is 2. The van der Waals surface area contributed by atoms with Crippen LogP contribution in [0.2, 0.25) is 0 Å². The van der Waals surface area contributed by atoms with Crippen molar-refractivity contribution in [3.05, 3.63) is 0 Å². The van der Waals surface area contributed by atoms with E-state index in [2.05, 4.69) is 4.74 Å². The van der Waals surface area contributed by atoms with E-state index in [1.165, 1.54) is 4.74 Å². The number of hydrogen-bond donors (Lipinski definition) is 0. The van der Waals surface area contributed by atoms with Gasteiger partial charge in [-0.15, -0.1) is 0 Å². The maximum Gasteiger partial charge on any atom is 0.462 e. The van der Waals surface area contributed by atoms with E-state index in [0.717, 1.165) is 13.8 Å². The van der Waals surface area contributed by atoms with Crippen LogP contribution in [0.3, 0.4) is 0 Å². The molecule has 0 saturated carbocycles. The van der Waals surface area contributed by atoms with Gasteiger partial charge < -0.3 is 4.90 Å². The Labute approximate surface area is 189 Å². The fourth-order valence-electron chi connectivity index (χ4n) is 2.21. The first-order chi connectivity index (χ1) is 15.6. The molecular formula is C15H14F17NO3. The van der Waals surface area contributed by atoms with Crippen molar-refractivity contribution < 1.29 is 88.9 Å². The third-order valence-electron chi connectivity index (χ3n) is 3.91. The second-order valence-corrected chi connectivity index (χ2v) is 6.79. The standard InChI is InChI=1S/C15H14F17NO3/c1-3-5-33(6-4-2)7(34)8(16,11(20,21)22)35-15(31,32)10(19,13(26,27)28)36-14(29,30)9(17,18)12(23,24)25/h3-6H2,1-2H3/t8-,10+/m0/s1. The molecule has 0 radical (unpaired) electrons. The van der Waals surface area contributed by atoms with Gasteiger partial charge in [-0.2, -0.15) is 74.6 Å². The molecule has 0 N–H and O–H groups in total. The molecule has 4 nitrogen and oxygen atoms in total. The van der Waals surface area contributed by atoms with E-state index in [9.17, 15) is 79.4 Å². The van der Waals surface area contributed by atoms with Crippen LogP contribution in [0.15, 0.2) is 0 Å². The van der Waals surface area contributed by atoms with E-state index in [4.69, 9.17) is 0 Å². The van der Waals surface area contributed by atoms with Gasteiger partial charge in [-0.1, -0.05) is 13.8 Å². The van der Waals surface area contributed by atoms with E-state index >= 15 is 0 Å². The van der Waals surface area contributed by atoms with Gasteiger partial charge in [-0.25, -0.2) is 0 Å². The average molecular weight is 579 g/mol. The molecule has 0 aliphatic heterocycles. The average Bonchev–Trinajstić information content (AvgIpc) is 2.63. The lowest BCUT2D eigenvalue weighted by molar-refractivity contribution is -0.548. The van der Waals surface area contributed by atoms with Crippen LogP contribution in [0.1, 0.15) is 26.7 Å². The maximum atomic E-state index is 14.5. The number of amides is 1. The van der Waals surface area contributed by atoms with Crippen LogP contribution in [-0.2, 0) is 14.3 Å². The molecule has 0 heterocycles. The summed E-state index contributed by atoms with van der Waals surface area (Å²) in [5, 5.41) is 0. The Morgan fingerprint density at radius 2 is 0.972 bits per heavy atom. The van der Waals surface area contributed by atoms with Crippen molar-refractivity contribution in [1.29, 1.82) is 0 Å². The molecule has 0 aromatic heterocycles. The summed E-state index contributed by atoms with van der Waals surface area (Å²) in [6.07, 6.45) is -39.0. The van der Waals surface area contributed by atoms with Gasteiger partial charge >= 0.3 is 48.4 Å². The van der Waals surface area contributed by atoms with Crippen molar-refractivity contribution in [2.45, 2.75) is 75.1 Å². The van der Waals surface area contributed by atoms with E-state index in [0.29, 0.717) is 0 Å². The van der Waals surface area contributed by atoms with Crippen LogP contribution < -0.4 is 0 Å². The normalized spacial score (nSPS) is 18.0. The van der Waals surface area contributed by atoms with Gasteiger partial charge in [0, 0.05) is 13.1 Å². The molecule has 0 spiro atoms. The topological polar surface area (TPSA) is 38.8 Å². The molecule has 0 bridgehead atoms. The SMILES string of the molecule is CCCN(CCC)C(=O)[C@](F)(OC(F)(F)[C@](F)(OC(F)(F)C(F)(F)C(F)(F)F)C(F)(F)F)C(F)(F)F. The Morgan fingerprint density at radius 1 is 0.583 bits per heavy atom. The summed E-state index contributed by atoms with van der Waals surface area (Å²) in [6.45, 7) is 0.420. The minimum Gasteiger partial charge on any atom is -0.337 e. The first-order valence-electron chi connectivity index (χ1n) is 9.00. The fourth-order valence-corrected chi connectivity index (χ4v) is 2.21. The van der Waals surface area contributed by atoms with E-state index in [-0.39, 0.29) is 17.7 Å². The van der Waals surface area contributed by atoms with Crippen LogP contribution >= 0.6 is 0 Å². The summed E-state index contributed by atoms with van der Waals surface area (Å²) in [5.74, 6) is -25.8. The number of nitrogens with zero attached hydrogens (tertiary/aromatic N) is 1. The number of halogens is 17. The fraction of sp³-hybridized carbons (Fsp3) is 0.933. The first kappa shape index (κ1) is 34.2.